The lowest BCUT2D eigenvalue weighted by Gasteiger charge is -2.56. The van der Waals surface area contributed by atoms with Crippen LogP contribution in [0.4, 0.5) is 5.69 Å². The minimum Gasteiger partial charge on any atom is -0.366 e. The van der Waals surface area contributed by atoms with Gasteiger partial charge in [-0.3, -0.25) is 0 Å². The lowest BCUT2D eigenvalue weighted by atomic mass is 9.76. The van der Waals surface area contributed by atoms with E-state index in [1.807, 2.05) is 0 Å². The van der Waals surface area contributed by atoms with E-state index in [-0.39, 0.29) is 0 Å². The van der Waals surface area contributed by atoms with Gasteiger partial charge in [-0.25, -0.2) is 0 Å². The van der Waals surface area contributed by atoms with E-state index in [0.717, 1.165) is 0 Å². The summed E-state index contributed by atoms with van der Waals surface area (Å²) in [5, 5.41) is 3.45. The monoisotopic (exact) mass is 202 g/mol. The molecule has 80 valence electrons. The zero-order valence-corrected chi connectivity index (χ0v) is 9.08. The third-order valence-corrected chi connectivity index (χ3v) is 3.98. The van der Waals surface area contributed by atoms with E-state index in [1.165, 1.54) is 44.6 Å². The first kappa shape index (κ1) is 9.22. The number of rotatable bonds is 1. The highest BCUT2D eigenvalue weighted by Crippen LogP contribution is 2.41. The number of hydrogen-bond acceptors (Lipinski definition) is 2. The van der Waals surface area contributed by atoms with Crippen LogP contribution < -0.4 is 10.2 Å². The topological polar surface area (TPSA) is 15.3 Å². The van der Waals surface area contributed by atoms with Crippen molar-refractivity contribution in [3.05, 3.63) is 30.3 Å². The van der Waals surface area contributed by atoms with E-state index < -0.39 is 0 Å². The lowest BCUT2D eigenvalue weighted by Crippen LogP contribution is -2.64. The SMILES string of the molecule is c1ccc(N2CCC23CCNCC3)cc1. The summed E-state index contributed by atoms with van der Waals surface area (Å²) in [4.78, 5) is 2.60. The molecule has 0 aromatic heterocycles. The van der Waals surface area contributed by atoms with Crippen LogP contribution in [0.5, 0.6) is 0 Å². The molecule has 2 heterocycles. The predicted octanol–water partition coefficient (Wildman–Crippen LogP) is 2.02. The summed E-state index contributed by atoms with van der Waals surface area (Å²) in [6.07, 6.45) is 3.99. The second-order valence-electron chi connectivity index (χ2n) is 4.71. The first-order valence-corrected chi connectivity index (χ1v) is 5.94. The van der Waals surface area contributed by atoms with Crippen molar-refractivity contribution >= 4 is 5.69 Å². The van der Waals surface area contributed by atoms with E-state index in [1.54, 1.807) is 0 Å². The van der Waals surface area contributed by atoms with Crippen molar-refractivity contribution in [3.8, 4) is 0 Å². The van der Waals surface area contributed by atoms with Gasteiger partial charge in [-0.2, -0.15) is 0 Å². The molecule has 0 aliphatic carbocycles. The maximum atomic E-state index is 3.45. The molecule has 1 aromatic rings. The molecule has 2 aliphatic rings. The standard InChI is InChI=1S/C13H18N2/c1-2-4-12(5-3-1)15-11-8-13(15)6-9-14-10-7-13/h1-5,14H,6-11H2. The summed E-state index contributed by atoms with van der Waals surface area (Å²) < 4.78 is 0. The molecule has 0 radical (unpaired) electrons. The Hall–Kier alpha value is -1.02. The van der Waals surface area contributed by atoms with Crippen LogP contribution in [-0.4, -0.2) is 25.2 Å². The summed E-state index contributed by atoms with van der Waals surface area (Å²) in [5.41, 5.74) is 1.90. The Balaban J connectivity index is 1.83. The molecular weight excluding hydrogens is 184 g/mol. The molecule has 0 atom stereocenters. The Bertz CT molecular complexity index is 328. The summed E-state index contributed by atoms with van der Waals surface area (Å²) >= 11 is 0. The van der Waals surface area contributed by atoms with Gasteiger partial charge in [0.1, 0.15) is 0 Å². The molecule has 0 saturated carbocycles. The number of benzene rings is 1. The summed E-state index contributed by atoms with van der Waals surface area (Å²) in [6.45, 7) is 3.61. The Morgan fingerprint density at radius 2 is 1.73 bits per heavy atom. The normalized spacial score (nSPS) is 23.9. The van der Waals surface area contributed by atoms with Crippen LogP contribution in [0.1, 0.15) is 19.3 Å². The molecule has 15 heavy (non-hydrogen) atoms. The van der Waals surface area contributed by atoms with E-state index in [0.29, 0.717) is 5.54 Å². The van der Waals surface area contributed by atoms with Gasteiger partial charge in [0.15, 0.2) is 0 Å². The predicted molar refractivity (Wildman–Crippen MR) is 63.2 cm³/mol. The first-order chi connectivity index (χ1) is 7.41. The van der Waals surface area contributed by atoms with E-state index >= 15 is 0 Å². The number of nitrogens with one attached hydrogen (secondary N) is 1. The number of anilines is 1. The van der Waals surface area contributed by atoms with Crippen molar-refractivity contribution in [2.75, 3.05) is 24.5 Å². The van der Waals surface area contributed by atoms with Gasteiger partial charge in [0.05, 0.1) is 0 Å². The quantitative estimate of drug-likeness (QED) is 0.749. The van der Waals surface area contributed by atoms with Crippen LogP contribution in [0, 0.1) is 0 Å². The van der Waals surface area contributed by atoms with Crippen LogP contribution in [0.15, 0.2) is 30.3 Å². The van der Waals surface area contributed by atoms with Gasteiger partial charge in [-0.05, 0) is 44.5 Å². The Labute approximate surface area is 91.3 Å². The fraction of sp³-hybridized carbons (Fsp3) is 0.538. The molecule has 1 spiro atoms. The Kier molecular flexibility index (Phi) is 2.17. The van der Waals surface area contributed by atoms with Crippen molar-refractivity contribution in [2.24, 2.45) is 0 Å². The summed E-state index contributed by atoms with van der Waals surface area (Å²) in [7, 11) is 0. The fourth-order valence-corrected chi connectivity index (χ4v) is 2.96. The molecular formula is C13H18N2. The molecule has 3 rings (SSSR count). The van der Waals surface area contributed by atoms with Gasteiger partial charge in [-0.1, -0.05) is 18.2 Å². The second-order valence-corrected chi connectivity index (χ2v) is 4.71. The molecule has 1 aromatic carbocycles. The largest absolute Gasteiger partial charge is 0.366 e. The van der Waals surface area contributed by atoms with Gasteiger partial charge in [0.25, 0.3) is 0 Å². The second kappa shape index (κ2) is 3.53. The van der Waals surface area contributed by atoms with E-state index in [4.69, 9.17) is 0 Å². The zero-order chi connectivity index (χ0) is 10.1. The van der Waals surface area contributed by atoms with Gasteiger partial charge in [-0.15, -0.1) is 0 Å². The van der Waals surface area contributed by atoms with Crippen LogP contribution in [0.2, 0.25) is 0 Å². The highest BCUT2D eigenvalue weighted by Gasteiger charge is 2.44. The van der Waals surface area contributed by atoms with Gasteiger partial charge >= 0.3 is 0 Å². The average molecular weight is 202 g/mol. The first-order valence-electron chi connectivity index (χ1n) is 5.94. The molecule has 2 nitrogen and oxygen atoms in total. The fourth-order valence-electron chi connectivity index (χ4n) is 2.96. The van der Waals surface area contributed by atoms with Gasteiger partial charge < -0.3 is 10.2 Å². The molecule has 2 fully saturated rings. The van der Waals surface area contributed by atoms with Gasteiger partial charge in [0, 0.05) is 17.8 Å². The summed E-state index contributed by atoms with van der Waals surface area (Å²) in [6, 6.07) is 10.9. The molecule has 0 bridgehead atoms. The smallest absolute Gasteiger partial charge is 0.0443 e. The number of nitrogens with zero attached hydrogens (tertiary/aromatic N) is 1. The van der Waals surface area contributed by atoms with Crippen molar-refractivity contribution in [3.63, 3.8) is 0 Å². The van der Waals surface area contributed by atoms with Crippen molar-refractivity contribution < 1.29 is 0 Å². The van der Waals surface area contributed by atoms with E-state index in [2.05, 4.69) is 40.5 Å². The highest BCUT2D eigenvalue weighted by atomic mass is 15.3. The van der Waals surface area contributed by atoms with Gasteiger partial charge in [0.2, 0.25) is 0 Å². The molecule has 2 heteroatoms. The minimum absolute atomic E-state index is 0.493. The molecule has 1 N–H and O–H groups in total. The van der Waals surface area contributed by atoms with Crippen LogP contribution in [0.3, 0.4) is 0 Å². The summed E-state index contributed by atoms with van der Waals surface area (Å²) in [5.74, 6) is 0. The molecule has 2 aliphatic heterocycles. The van der Waals surface area contributed by atoms with Crippen LogP contribution >= 0.6 is 0 Å². The third-order valence-electron chi connectivity index (χ3n) is 3.98. The molecule has 0 unspecified atom stereocenters. The van der Waals surface area contributed by atoms with Crippen LogP contribution in [0.25, 0.3) is 0 Å². The number of piperidine rings is 1. The average Bonchev–Trinajstić information content (AvgIpc) is 2.30. The minimum atomic E-state index is 0.493. The lowest BCUT2D eigenvalue weighted by molar-refractivity contribution is 0.206. The molecule has 2 saturated heterocycles. The van der Waals surface area contributed by atoms with Crippen molar-refractivity contribution in [2.45, 2.75) is 24.8 Å². The Morgan fingerprint density at radius 3 is 2.33 bits per heavy atom. The maximum absolute atomic E-state index is 3.45. The zero-order valence-electron chi connectivity index (χ0n) is 9.08. The number of para-hydroxylation sites is 1. The Morgan fingerprint density at radius 1 is 1.00 bits per heavy atom. The number of hydrogen-bond donors (Lipinski definition) is 1. The van der Waals surface area contributed by atoms with Crippen molar-refractivity contribution in [1.29, 1.82) is 0 Å². The van der Waals surface area contributed by atoms with Crippen molar-refractivity contribution in [1.82, 2.24) is 5.32 Å². The van der Waals surface area contributed by atoms with Crippen LogP contribution in [-0.2, 0) is 0 Å². The molecule has 0 amide bonds. The maximum Gasteiger partial charge on any atom is 0.0443 e. The van der Waals surface area contributed by atoms with E-state index in [9.17, 15) is 0 Å². The highest BCUT2D eigenvalue weighted by molar-refractivity contribution is 5.52. The third kappa shape index (κ3) is 1.44.